The van der Waals surface area contributed by atoms with Gasteiger partial charge in [0.15, 0.2) is 0 Å². The van der Waals surface area contributed by atoms with E-state index in [9.17, 15) is 0 Å². The SMILES string of the molecule is CCCCCCCOC(/C=C/c1ccc(Cl)cc1)Cn1ccnc1. The third-order valence-corrected chi connectivity index (χ3v) is 4.16. The summed E-state index contributed by atoms with van der Waals surface area (Å²) < 4.78 is 8.13. The Balaban J connectivity index is 1.86. The molecule has 0 aliphatic carbocycles. The van der Waals surface area contributed by atoms with E-state index in [1.165, 1.54) is 25.7 Å². The first kappa shape index (κ1) is 18.8. The van der Waals surface area contributed by atoms with Crippen LogP contribution in [0, 0.1) is 0 Å². The van der Waals surface area contributed by atoms with E-state index in [1.54, 1.807) is 6.20 Å². The molecule has 0 radical (unpaired) electrons. The summed E-state index contributed by atoms with van der Waals surface area (Å²) in [6, 6.07) is 7.83. The molecule has 1 atom stereocenters. The van der Waals surface area contributed by atoms with Crippen molar-refractivity contribution < 1.29 is 4.74 Å². The molecule has 0 aliphatic rings. The lowest BCUT2D eigenvalue weighted by atomic mass is 10.1. The summed E-state index contributed by atoms with van der Waals surface area (Å²) in [7, 11) is 0. The van der Waals surface area contributed by atoms with Crippen molar-refractivity contribution in [2.45, 2.75) is 51.7 Å². The zero-order valence-electron chi connectivity index (χ0n) is 14.4. The third-order valence-electron chi connectivity index (χ3n) is 3.90. The van der Waals surface area contributed by atoms with E-state index >= 15 is 0 Å². The second kappa shape index (κ2) is 11.1. The highest BCUT2D eigenvalue weighted by Gasteiger charge is 2.06. The highest BCUT2D eigenvalue weighted by atomic mass is 35.5. The number of hydrogen-bond acceptors (Lipinski definition) is 2. The maximum absolute atomic E-state index is 6.08. The average Bonchev–Trinajstić information content (AvgIpc) is 3.10. The van der Waals surface area contributed by atoms with Gasteiger partial charge in [0.05, 0.1) is 19.0 Å². The summed E-state index contributed by atoms with van der Waals surface area (Å²) in [6.07, 6.45) is 16.1. The van der Waals surface area contributed by atoms with Crippen LogP contribution in [0.25, 0.3) is 6.08 Å². The fourth-order valence-corrected chi connectivity index (χ4v) is 2.63. The van der Waals surface area contributed by atoms with Crippen molar-refractivity contribution in [3.8, 4) is 0 Å². The molecular formula is C20H27ClN2O. The van der Waals surface area contributed by atoms with Crippen molar-refractivity contribution >= 4 is 17.7 Å². The van der Waals surface area contributed by atoms with Crippen molar-refractivity contribution in [2.75, 3.05) is 6.61 Å². The minimum absolute atomic E-state index is 0.0426. The van der Waals surface area contributed by atoms with E-state index in [0.29, 0.717) is 0 Å². The predicted octanol–water partition coefficient (Wildman–Crippen LogP) is 5.61. The van der Waals surface area contributed by atoms with Gasteiger partial charge in [0.1, 0.15) is 0 Å². The molecule has 3 nitrogen and oxygen atoms in total. The number of nitrogens with zero attached hydrogens (tertiary/aromatic N) is 2. The van der Waals surface area contributed by atoms with Crippen LogP contribution in [0.4, 0.5) is 0 Å². The predicted molar refractivity (Wildman–Crippen MR) is 101 cm³/mol. The lowest BCUT2D eigenvalue weighted by Crippen LogP contribution is -2.17. The van der Waals surface area contributed by atoms with E-state index in [0.717, 1.165) is 30.2 Å². The summed E-state index contributed by atoms with van der Waals surface area (Å²) >= 11 is 5.93. The lowest BCUT2D eigenvalue weighted by molar-refractivity contribution is 0.0710. The molecule has 0 amide bonds. The van der Waals surface area contributed by atoms with Crippen LogP contribution in [0.3, 0.4) is 0 Å². The van der Waals surface area contributed by atoms with Gasteiger partial charge in [0.25, 0.3) is 0 Å². The van der Waals surface area contributed by atoms with Crippen LogP contribution in [0.2, 0.25) is 5.02 Å². The summed E-state index contributed by atoms with van der Waals surface area (Å²) in [4.78, 5) is 4.10. The van der Waals surface area contributed by atoms with Gasteiger partial charge >= 0.3 is 0 Å². The topological polar surface area (TPSA) is 27.1 Å². The standard InChI is InChI=1S/C20H27ClN2O/c1-2-3-4-5-6-15-24-20(16-23-14-13-22-17-23)12-9-18-7-10-19(21)11-8-18/h7-14,17,20H,2-6,15-16H2,1H3/b12-9+. The molecule has 0 N–H and O–H groups in total. The number of hydrogen-bond donors (Lipinski definition) is 0. The van der Waals surface area contributed by atoms with E-state index in [-0.39, 0.29) is 6.10 Å². The molecule has 2 aromatic rings. The molecule has 1 aromatic carbocycles. The smallest absolute Gasteiger partial charge is 0.0946 e. The molecule has 1 aromatic heterocycles. The van der Waals surface area contributed by atoms with E-state index in [4.69, 9.17) is 16.3 Å². The Morgan fingerprint density at radius 2 is 1.96 bits per heavy atom. The van der Waals surface area contributed by atoms with Crippen LogP contribution in [0.5, 0.6) is 0 Å². The molecule has 0 aliphatic heterocycles. The highest BCUT2D eigenvalue weighted by Crippen LogP contribution is 2.12. The molecule has 0 saturated heterocycles. The van der Waals surface area contributed by atoms with Crippen LogP contribution >= 0.6 is 11.6 Å². The molecule has 1 unspecified atom stereocenters. The number of benzene rings is 1. The molecule has 0 spiro atoms. The average molecular weight is 347 g/mol. The number of rotatable bonds is 11. The molecule has 1 heterocycles. The Morgan fingerprint density at radius 1 is 1.17 bits per heavy atom. The quantitative estimate of drug-likeness (QED) is 0.495. The Bertz CT molecular complexity index is 578. The number of aromatic nitrogens is 2. The fraction of sp³-hybridized carbons (Fsp3) is 0.450. The van der Waals surface area contributed by atoms with E-state index in [2.05, 4.69) is 24.1 Å². The monoisotopic (exact) mass is 346 g/mol. The first-order chi connectivity index (χ1) is 11.8. The normalized spacial score (nSPS) is 12.8. The zero-order chi connectivity index (χ0) is 17.0. The van der Waals surface area contributed by atoms with Crippen LogP contribution in [-0.2, 0) is 11.3 Å². The Kier molecular flexibility index (Phi) is 8.64. The minimum Gasteiger partial charge on any atom is -0.372 e. The maximum Gasteiger partial charge on any atom is 0.0946 e. The van der Waals surface area contributed by atoms with Gasteiger partial charge in [0, 0.05) is 24.0 Å². The number of ether oxygens (including phenoxy) is 1. The van der Waals surface area contributed by atoms with Crippen molar-refractivity contribution in [1.29, 1.82) is 0 Å². The highest BCUT2D eigenvalue weighted by molar-refractivity contribution is 6.30. The zero-order valence-corrected chi connectivity index (χ0v) is 15.2. The van der Waals surface area contributed by atoms with Crippen molar-refractivity contribution in [1.82, 2.24) is 9.55 Å². The van der Waals surface area contributed by atoms with Crippen molar-refractivity contribution in [3.05, 3.63) is 59.6 Å². The molecule has 0 bridgehead atoms. The number of imidazole rings is 1. The number of unbranched alkanes of at least 4 members (excludes halogenated alkanes) is 4. The summed E-state index contributed by atoms with van der Waals surface area (Å²) in [6.45, 7) is 3.81. The van der Waals surface area contributed by atoms with Crippen LogP contribution in [0.1, 0.15) is 44.6 Å². The van der Waals surface area contributed by atoms with Crippen molar-refractivity contribution in [2.24, 2.45) is 0 Å². The first-order valence-corrected chi connectivity index (χ1v) is 9.17. The van der Waals surface area contributed by atoms with Gasteiger partial charge in [0.2, 0.25) is 0 Å². The van der Waals surface area contributed by atoms with Crippen LogP contribution < -0.4 is 0 Å². The van der Waals surface area contributed by atoms with Crippen LogP contribution in [0.15, 0.2) is 49.1 Å². The Morgan fingerprint density at radius 3 is 2.67 bits per heavy atom. The summed E-state index contributed by atoms with van der Waals surface area (Å²) in [5, 5.41) is 0.755. The molecule has 24 heavy (non-hydrogen) atoms. The van der Waals surface area contributed by atoms with Gasteiger partial charge < -0.3 is 9.30 Å². The molecule has 4 heteroatoms. The van der Waals surface area contributed by atoms with Gasteiger partial charge in [-0.15, -0.1) is 0 Å². The molecule has 0 saturated carbocycles. The third kappa shape index (κ3) is 7.33. The molecule has 0 fully saturated rings. The Labute approximate surface area is 150 Å². The lowest BCUT2D eigenvalue weighted by Gasteiger charge is -2.15. The van der Waals surface area contributed by atoms with E-state index < -0.39 is 0 Å². The van der Waals surface area contributed by atoms with Gasteiger partial charge in [-0.3, -0.25) is 0 Å². The molecule has 130 valence electrons. The Hall–Kier alpha value is -1.58. The van der Waals surface area contributed by atoms with Gasteiger partial charge in [-0.2, -0.15) is 0 Å². The summed E-state index contributed by atoms with van der Waals surface area (Å²) in [5.41, 5.74) is 1.13. The second-order valence-corrected chi connectivity index (χ2v) is 6.43. The molecular weight excluding hydrogens is 320 g/mol. The largest absolute Gasteiger partial charge is 0.372 e. The first-order valence-electron chi connectivity index (χ1n) is 8.79. The van der Waals surface area contributed by atoms with Gasteiger partial charge in [-0.05, 0) is 24.1 Å². The minimum atomic E-state index is 0.0426. The van der Waals surface area contributed by atoms with Gasteiger partial charge in [-0.25, -0.2) is 4.98 Å². The van der Waals surface area contributed by atoms with Gasteiger partial charge in [-0.1, -0.05) is 68.5 Å². The summed E-state index contributed by atoms with van der Waals surface area (Å²) in [5.74, 6) is 0. The maximum atomic E-state index is 6.08. The van der Waals surface area contributed by atoms with Crippen molar-refractivity contribution in [3.63, 3.8) is 0 Å². The fourth-order valence-electron chi connectivity index (χ4n) is 2.50. The number of halogens is 1. The van der Waals surface area contributed by atoms with E-state index in [1.807, 2.05) is 41.4 Å². The molecule has 2 rings (SSSR count). The second-order valence-electron chi connectivity index (χ2n) is 5.99. The van der Waals surface area contributed by atoms with Crippen LogP contribution in [-0.4, -0.2) is 22.3 Å².